The van der Waals surface area contributed by atoms with Gasteiger partial charge >= 0.3 is 5.63 Å². The molecule has 2 rings (SSSR count). The number of ketones is 1. The van der Waals surface area contributed by atoms with E-state index in [1.54, 1.807) is 12.1 Å². The van der Waals surface area contributed by atoms with Crippen molar-refractivity contribution in [3.8, 4) is 5.75 Å². The van der Waals surface area contributed by atoms with E-state index in [0.717, 1.165) is 6.26 Å². The SMILES string of the molecule is CC(=O)c1coc(=O)c2c(O)cccc12. The van der Waals surface area contributed by atoms with Crippen molar-refractivity contribution < 1.29 is 14.3 Å². The first-order valence-electron chi connectivity index (χ1n) is 4.35. The molecule has 0 aliphatic carbocycles. The molecule has 0 saturated heterocycles. The summed E-state index contributed by atoms with van der Waals surface area (Å²) < 4.78 is 4.68. The van der Waals surface area contributed by atoms with Gasteiger partial charge in [0, 0.05) is 5.39 Å². The Morgan fingerprint density at radius 3 is 2.80 bits per heavy atom. The molecule has 2 aromatic rings. The Hall–Kier alpha value is -2.10. The van der Waals surface area contributed by atoms with E-state index in [4.69, 9.17) is 0 Å². The summed E-state index contributed by atoms with van der Waals surface area (Å²) in [5, 5.41) is 9.95. The quantitative estimate of drug-likeness (QED) is 0.718. The predicted molar refractivity (Wildman–Crippen MR) is 54.2 cm³/mol. The molecule has 15 heavy (non-hydrogen) atoms. The number of carbonyl (C=O) groups is 1. The van der Waals surface area contributed by atoms with Crippen molar-refractivity contribution in [1.29, 1.82) is 0 Å². The number of hydrogen-bond acceptors (Lipinski definition) is 4. The lowest BCUT2D eigenvalue weighted by atomic mass is 10.1. The molecule has 1 aromatic carbocycles. The Morgan fingerprint density at radius 2 is 2.13 bits per heavy atom. The average Bonchev–Trinajstić information content (AvgIpc) is 2.17. The van der Waals surface area contributed by atoms with Gasteiger partial charge in [-0.3, -0.25) is 4.79 Å². The van der Waals surface area contributed by atoms with Crippen molar-refractivity contribution in [1.82, 2.24) is 0 Å². The van der Waals surface area contributed by atoms with E-state index < -0.39 is 5.63 Å². The molecule has 0 aliphatic rings. The number of carbonyl (C=O) groups excluding carboxylic acids is 1. The van der Waals surface area contributed by atoms with Crippen LogP contribution in [0, 0.1) is 0 Å². The fraction of sp³-hybridized carbons (Fsp3) is 0.0909. The molecule has 0 unspecified atom stereocenters. The summed E-state index contributed by atoms with van der Waals surface area (Å²) in [5.41, 5.74) is -0.353. The minimum absolute atomic E-state index is 0.0465. The van der Waals surface area contributed by atoms with Crippen LogP contribution in [0.2, 0.25) is 0 Å². The number of Topliss-reactive ketones (excluding diaryl/α,β-unsaturated/α-hetero) is 1. The van der Waals surface area contributed by atoms with Crippen molar-refractivity contribution in [2.75, 3.05) is 0 Å². The lowest BCUT2D eigenvalue weighted by Gasteiger charge is -2.02. The Bertz CT molecular complexity index is 595. The summed E-state index contributed by atoms with van der Waals surface area (Å²) >= 11 is 0. The van der Waals surface area contributed by atoms with E-state index >= 15 is 0 Å². The molecule has 0 spiro atoms. The lowest BCUT2D eigenvalue weighted by Crippen LogP contribution is -2.04. The highest BCUT2D eigenvalue weighted by molar-refractivity contribution is 6.07. The second-order valence-electron chi connectivity index (χ2n) is 3.19. The number of phenolic OH excluding ortho intramolecular Hbond substituents is 1. The van der Waals surface area contributed by atoms with Crippen molar-refractivity contribution in [2.45, 2.75) is 6.92 Å². The van der Waals surface area contributed by atoms with Gasteiger partial charge in [-0.15, -0.1) is 0 Å². The molecule has 4 nitrogen and oxygen atoms in total. The molecule has 0 radical (unpaired) electrons. The number of phenols is 1. The predicted octanol–water partition coefficient (Wildman–Crippen LogP) is 1.70. The maximum atomic E-state index is 11.3. The second kappa shape index (κ2) is 3.24. The van der Waals surface area contributed by atoms with Gasteiger partial charge in [-0.2, -0.15) is 0 Å². The minimum Gasteiger partial charge on any atom is -0.507 e. The molecule has 1 heterocycles. The Morgan fingerprint density at radius 1 is 1.40 bits per heavy atom. The first-order valence-corrected chi connectivity index (χ1v) is 4.35. The van der Waals surface area contributed by atoms with Gasteiger partial charge in [0.15, 0.2) is 5.78 Å². The van der Waals surface area contributed by atoms with Gasteiger partial charge in [-0.1, -0.05) is 12.1 Å². The van der Waals surface area contributed by atoms with Gasteiger partial charge in [0.2, 0.25) is 0 Å². The van der Waals surface area contributed by atoms with Crippen molar-refractivity contribution in [3.63, 3.8) is 0 Å². The molecular weight excluding hydrogens is 196 g/mol. The number of benzene rings is 1. The van der Waals surface area contributed by atoms with Crippen LogP contribution in [0.3, 0.4) is 0 Å². The van der Waals surface area contributed by atoms with Gasteiger partial charge in [0.1, 0.15) is 17.4 Å². The molecule has 76 valence electrons. The molecule has 0 saturated carbocycles. The average molecular weight is 204 g/mol. The molecule has 1 aromatic heterocycles. The van der Waals surface area contributed by atoms with Gasteiger partial charge in [0.05, 0.1) is 5.56 Å². The first kappa shape index (κ1) is 9.45. The third-order valence-electron chi connectivity index (χ3n) is 2.20. The van der Waals surface area contributed by atoms with Gasteiger partial charge in [0.25, 0.3) is 0 Å². The summed E-state index contributed by atoms with van der Waals surface area (Å²) in [5.74, 6) is -0.390. The maximum absolute atomic E-state index is 11.3. The van der Waals surface area contributed by atoms with Crippen LogP contribution in [0.15, 0.2) is 33.7 Å². The normalized spacial score (nSPS) is 10.5. The highest BCUT2D eigenvalue weighted by Gasteiger charge is 2.12. The zero-order chi connectivity index (χ0) is 11.0. The Balaban J connectivity index is 3.01. The van der Waals surface area contributed by atoms with E-state index in [9.17, 15) is 14.7 Å². The molecular formula is C11H8O4. The van der Waals surface area contributed by atoms with E-state index in [0.29, 0.717) is 10.9 Å². The fourth-order valence-electron chi connectivity index (χ4n) is 1.49. The van der Waals surface area contributed by atoms with Crippen molar-refractivity contribution >= 4 is 16.6 Å². The molecule has 0 atom stereocenters. The van der Waals surface area contributed by atoms with Crippen LogP contribution in [0.1, 0.15) is 17.3 Å². The third kappa shape index (κ3) is 1.40. The molecule has 0 bridgehead atoms. The zero-order valence-electron chi connectivity index (χ0n) is 7.98. The third-order valence-corrected chi connectivity index (χ3v) is 2.20. The minimum atomic E-state index is -0.645. The molecule has 0 fully saturated rings. The van der Waals surface area contributed by atoms with E-state index in [1.165, 1.54) is 13.0 Å². The van der Waals surface area contributed by atoms with Crippen LogP contribution in [0.4, 0.5) is 0 Å². The summed E-state index contributed by atoms with van der Waals surface area (Å²) in [6.45, 7) is 1.37. The van der Waals surface area contributed by atoms with Crippen LogP contribution < -0.4 is 5.63 Å². The smallest absolute Gasteiger partial charge is 0.347 e. The summed E-state index contributed by atoms with van der Waals surface area (Å²) in [6, 6.07) is 4.55. The number of hydrogen-bond donors (Lipinski definition) is 1. The van der Waals surface area contributed by atoms with Crippen LogP contribution >= 0.6 is 0 Å². The van der Waals surface area contributed by atoms with Gasteiger partial charge < -0.3 is 9.52 Å². The maximum Gasteiger partial charge on any atom is 0.347 e. The molecule has 0 amide bonds. The fourth-order valence-corrected chi connectivity index (χ4v) is 1.49. The summed E-state index contributed by atoms with van der Waals surface area (Å²) in [7, 11) is 0. The summed E-state index contributed by atoms with van der Waals surface area (Å²) in [6.07, 6.45) is 1.12. The van der Waals surface area contributed by atoms with E-state index in [1.807, 2.05) is 0 Å². The molecule has 0 aliphatic heterocycles. The monoisotopic (exact) mass is 204 g/mol. The number of aromatic hydroxyl groups is 1. The number of fused-ring (bicyclic) bond motifs is 1. The van der Waals surface area contributed by atoms with Crippen molar-refractivity contribution in [3.05, 3.63) is 40.4 Å². The van der Waals surface area contributed by atoms with Gasteiger partial charge in [-0.05, 0) is 13.0 Å². The summed E-state index contributed by atoms with van der Waals surface area (Å²) in [4.78, 5) is 22.6. The van der Waals surface area contributed by atoms with Crippen molar-refractivity contribution in [2.24, 2.45) is 0 Å². The van der Waals surface area contributed by atoms with E-state index in [-0.39, 0.29) is 16.9 Å². The highest BCUT2D eigenvalue weighted by atomic mass is 16.4. The molecule has 4 heteroatoms. The standard InChI is InChI=1S/C11H8O4/c1-6(12)8-5-15-11(14)10-7(8)3-2-4-9(10)13/h2-5,13H,1H3. The second-order valence-corrected chi connectivity index (χ2v) is 3.19. The van der Waals surface area contributed by atoms with Crippen LogP contribution in [-0.2, 0) is 0 Å². The lowest BCUT2D eigenvalue weighted by molar-refractivity contribution is 0.101. The van der Waals surface area contributed by atoms with Gasteiger partial charge in [-0.25, -0.2) is 4.79 Å². The Kier molecular flexibility index (Phi) is 2.04. The van der Waals surface area contributed by atoms with Crippen LogP contribution in [-0.4, -0.2) is 10.9 Å². The highest BCUT2D eigenvalue weighted by Crippen LogP contribution is 2.23. The Labute approximate surface area is 84.8 Å². The molecule has 1 N–H and O–H groups in total. The van der Waals surface area contributed by atoms with Crippen LogP contribution in [0.25, 0.3) is 10.8 Å². The number of rotatable bonds is 1. The van der Waals surface area contributed by atoms with Crippen LogP contribution in [0.5, 0.6) is 5.75 Å². The zero-order valence-corrected chi connectivity index (χ0v) is 7.98. The topological polar surface area (TPSA) is 67.5 Å². The first-order chi connectivity index (χ1) is 7.11. The largest absolute Gasteiger partial charge is 0.507 e. The van der Waals surface area contributed by atoms with E-state index in [2.05, 4.69) is 4.42 Å².